The van der Waals surface area contributed by atoms with Crippen LogP contribution in [0.5, 0.6) is 0 Å². The first kappa shape index (κ1) is 14.9. The normalized spacial score (nSPS) is 11.5. The molecule has 1 heterocycles. The van der Waals surface area contributed by atoms with Crippen molar-refractivity contribution in [3.05, 3.63) is 28.0 Å². The predicted molar refractivity (Wildman–Crippen MR) is 73.6 cm³/mol. The summed E-state index contributed by atoms with van der Waals surface area (Å²) in [5, 5.41) is 17.5. The molecule has 0 aromatic carbocycles. The minimum atomic E-state index is -0.933. The number of carboxylic acids is 1. The number of hydrogen-bond acceptors (Lipinski definition) is 4. The number of carbonyl (C=O) groups is 1. The van der Waals surface area contributed by atoms with Crippen LogP contribution in [0.3, 0.4) is 0 Å². The fourth-order valence-corrected chi connectivity index (χ4v) is 2.63. The number of aliphatic hydroxyl groups excluding tert-OH is 1. The van der Waals surface area contributed by atoms with Crippen molar-refractivity contribution < 1.29 is 15.0 Å². The summed E-state index contributed by atoms with van der Waals surface area (Å²) >= 11 is 1.58. The highest BCUT2D eigenvalue weighted by atomic mass is 32.1. The SMILES string of the molecule is CCCN(CCO)Cc1ccc(C=CC(=O)O)s1. The molecule has 1 aromatic heterocycles. The van der Waals surface area contributed by atoms with E-state index in [1.807, 2.05) is 12.1 Å². The Morgan fingerprint density at radius 3 is 2.83 bits per heavy atom. The molecule has 5 heteroatoms. The minimum absolute atomic E-state index is 0.164. The number of rotatable bonds is 8. The number of thiophene rings is 1. The molecule has 18 heavy (non-hydrogen) atoms. The van der Waals surface area contributed by atoms with E-state index in [2.05, 4.69) is 11.8 Å². The van der Waals surface area contributed by atoms with Gasteiger partial charge in [-0.15, -0.1) is 11.3 Å². The molecule has 0 saturated carbocycles. The molecule has 2 N–H and O–H groups in total. The Labute approximate surface area is 111 Å². The van der Waals surface area contributed by atoms with E-state index in [0.717, 1.165) is 30.5 Å². The van der Waals surface area contributed by atoms with Gasteiger partial charge in [0.05, 0.1) is 6.61 Å². The molecule has 0 fully saturated rings. The zero-order chi connectivity index (χ0) is 13.4. The number of aliphatic hydroxyl groups is 1. The van der Waals surface area contributed by atoms with E-state index in [0.29, 0.717) is 6.54 Å². The van der Waals surface area contributed by atoms with Crippen molar-refractivity contribution in [2.45, 2.75) is 19.9 Å². The highest BCUT2D eigenvalue weighted by molar-refractivity contribution is 7.12. The van der Waals surface area contributed by atoms with Crippen LogP contribution >= 0.6 is 11.3 Å². The van der Waals surface area contributed by atoms with Crippen molar-refractivity contribution in [2.24, 2.45) is 0 Å². The van der Waals surface area contributed by atoms with Gasteiger partial charge in [-0.2, -0.15) is 0 Å². The second kappa shape index (κ2) is 8.02. The molecule has 0 unspecified atom stereocenters. The molecule has 0 saturated heterocycles. The maximum atomic E-state index is 10.4. The molecule has 0 aliphatic heterocycles. The van der Waals surface area contributed by atoms with Crippen LogP contribution < -0.4 is 0 Å². The number of hydrogen-bond donors (Lipinski definition) is 2. The van der Waals surface area contributed by atoms with Gasteiger partial charge in [0.2, 0.25) is 0 Å². The van der Waals surface area contributed by atoms with Gasteiger partial charge >= 0.3 is 5.97 Å². The molecule has 1 rings (SSSR count). The van der Waals surface area contributed by atoms with Gasteiger partial charge in [-0.05, 0) is 31.2 Å². The molecule has 0 aliphatic carbocycles. The van der Waals surface area contributed by atoms with Gasteiger partial charge in [0.15, 0.2) is 0 Å². The topological polar surface area (TPSA) is 60.8 Å². The first-order chi connectivity index (χ1) is 8.65. The Bertz CT molecular complexity index is 395. The highest BCUT2D eigenvalue weighted by Gasteiger charge is 2.06. The van der Waals surface area contributed by atoms with E-state index >= 15 is 0 Å². The Morgan fingerprint density at radius 1 is 1.44 bits per heavy atom. The van der Waals surface area contributed by atoms with Gasteiger partial charge in [0.1, 0.15) is 0 Å². The average Bonchev–Trinajstić information content (AvgIpc) is 2.75. The van der Waals surface area contributed by atoms with Crippen LogP contribution in [0.2, 0.25) is 0 Å². The van der Waals surface area contributed by atoms with E-state index < -0.39 is 5.97 Å². The van der Waals surface area contributed by atoms with Crippen LogP contribution in [0.15, 0.2) is 18.2 Å². The second-order valence-corrected chi connectivity index (χ2v) is 5.18. The molecule has 0 radical (unpaired) electrons. The van der Waals surface area contributed by atoms with E-state index in [4.69, 9.17) is 10.2 Å². The van der Waals surface area contributed by atoms with Gasteiger partial charge in [-0.25, -0.2) is 4.79 Å². The van der Waals surface area contributed by atoms with E-state index in [-0.39, 0.29) is 6.61 Å². The standard InChI is InChI=1S/C13H19NO3S/c1-2-7-14(8-9-15)10-12-4-3-11(18-12)5-6-13(16)17/h3-6,15H,2,7-10H2,1H3,(H,16,17). The van der Waals surface area contributed by atoms with Crippen molar-refractivity contribution in [1.82, 2.24) is 4.90 Å². The fourth-order valence-electron chi connectivity index (χ4n) is 1.67. The molecule has 0 spiro atoms. The van der Waals surface area contributed by atoms with Crippen LogP contribution in [0.4, 0.5) is 0 Å². The third-order valence-electron chi connectivity index (χ3n) is 2.41. The fraction of sp³-hybridized carbons (Fsp3) is 0.462. The Hall–Kier alpha value is -1.17. The smallest absolute Gasteiger partial charge is 0.328 e. The van der Waals surface area contributed by atoms with Crippen LogP contribution in [0, 0.1) is 0 Å². The summed E-state index contributed by atoms with van der Waals surface area (Å²) in [5.74, 6) is -0.933. The van der Waals surface area contributed by atoms with Crippen molar-refractivity contribution >= 4 is 23.4 Å². The van der Waals surface area contributed by atoms with Crippen molar-refractivity contribution in [1.29, 1.82) is 0 Å². The monoisotopic (exact) mass is 269 g/mol. The molecule has 0 amide bonds. The second-order valence-electron chi connectivity index (χ2n) is 3.98. The Kier molecular flexibility index (Phi) is 6.64. The molecule has 0 atom stereocenters. The number of carboxylic acid groups (broad SMARTS) is 1. The maximum Gasteiger partial charge on any atom is 0.328 e. The number of aliphatic carboxylic acids is 1. The van der Waals surface area contributed by atoms with Crippen LogP contribution in [0.1, 0.15) is 23.1 Å². The molecule has 4 nitrogen and oxygen atoms in total. The zero-order valence-electron chi connectivity index (χ0n) is 10.5. The minimum Gasteiger partial charge on any atom is -0.478 e. The first-order valence-corrected chi connectivity index (χ1v) is 6.80. The van der Waals surface area contributed by atoms with Gasteiger partial charge < -0.3 is 10.2 Å². The summed E-state index contributed by atoms with van der Waals surface area (Å²) in [6.45, 7) is 4.71. The van der Waals surface area contributed by atoms with Gasteiger partial charge in [0.25, 0.3) is 0 Å². The van der Waals surface area contributed by atoms with E-state index in [1.54, 1.807) is 17.4 Å². The highest BCUT2D eigenvalue weighted by Crippen LogP contribution is 2.19. The summed E-state index contributed by atoms with van der Waals surface area (Å²) in [5.41, 5.74) is 0. The molecular formula is C13H19NO3S. The molecule has 1 aromatic rings. The molecular weight excluding hydrogens is 250 g/mol. The van der Waals surface area contributed by atoms with Gasteiger partial charge in [-0.3, -0.25) is 4.90 Å². The van der Waals surface area contributed by atoms with Crippen molar-refractivity contribution in [2.75, 3.05) is 19.7 Å². The Balaban J connectivity index is 2.58. The predicted octanol–water partition coefficient (Wildman–Crippen LogP) is 2.05. The van der Waals surface area contributed by atoms with Crippen LogP contribution in [0.25, 0.3) is 6.08 Å². The van der Waals surface area contributed by atoms with Crippen molar-refractivity contribution in [3.8, 4) is 0 Å². The summed E-state index contributed by atoms with van der Waals surface area (Å²) in [6, 6.07) is 3.93. The first-order valence-electron chi connectivity index (χ1n) is 5.98. The maximum absolute atomic E-state index is 10.4. The van der Waals surface area contributed by atoms with Crippen LogP contribution in [-0.4, -0.2) is 40.8 Å². The third-order valence-corrected chi connectivity index (χ3v) is 3.44. The lowest BCUT2D eigenvalue weighted by atomic mass is 10.3. The average molecular weight is 269 g/mol. The summed E-state index contributed by atoms with van der Waals surface area (Å²) in [4.78, 5) is 14.7. The molecule has 0 bridgehead atoms. The largest absolute Gasteiger partial charge is 0.478 e. The van der Waals surface area contributed by atoms with Crippen LogP contribution in [-0.2, 0) is 11.3 Å². The zero-order valence-corrected chi connectivity index (χ0v) is 11.3. The van der Waals surface area contributed by atoms with Gasteiger partial charge in [-0.1, -0.05) is 6.92 Å². The quantitative estimate of drug-likeness (QED) is 0.709. The van der Waals surface area contributed by atoms with Gasteiger partial charge in [0, 0.05) is 28.9 Å². The lowest BCUT2D eigenvalue weighted by Crippen LogP contribution is -2.26. The van der Waals surface area contributed by atoms with E-state index in [9.17, 15) is 4.79 Å². The lowest BCUT2D eigenvalue weighted by Gasteiger charge is -2.19. The number of nitrogens with zero attached hydrogens (tertiary/aromatic N) is 1. The third kappa shape index (κ3) is 5.44. The summed E-state index contributed by atoms with van der Waals surface area (Å²) < 4.78 is 0. The van der Waals surface area contributed by atoms with Crippen molar-refractivity contribution in [3.63, 3.8) is 0 Å². The Morgan fingerprint density at radius 2 is 2.22 bits per heavy atom. The molecule has 100 valence electrons. The molecule has 0 aliphatic rings. The summed E-state index contributed by atoms with van der Waals surface area (Å²) in [7, 11) is 0. The van der Waals surface area contributed by atoms with E-state index in [1.165, 1.54) is 4.88 Å². The lowest BCUT2D eigenvalue weighted by molar-refractivity contribution is -0.131. The summed E-state index contributed by atoms with van der Waals surface area (Å²) in [6.07, 6.45) is 3.80.